The van der Waals surface area contributed by atoms with Crippen LogP contribution in [0.4, 0.5) is 5.82 Å². The Labute approximate surface area is 135 Å². The Morgan fingerprint density at radius 1 is 1.13 bits per heavy atom. The fourth-order valence-electron chi connectivity index (χ4n) is 3.03. The third kappa shape index (κ3) is 2.82. The van der Waals surface area contributed by atoms with Gasteiger partial charge in [0.1, 0.15) is 0 Å². The number of nitrogens with zero attached hydrogens (tertiary/aromatic N) is 5. The Morgan fingerprint density at radius 2 is 2.00 bits per heavy atom. The van der Waals surface area contributed by atoms with Gasteiger partial charge in [-0.2, -0.15) is 5.10 Å². The molecule has 0 amide bonds. The Bertz CT molecular complexity index is 809. The summed E-state index contributed by atoms with van der Waals surface area (Å²) in [6.45, 7) is 1.89. The molecule has 2 aromatic heterocycles. The normalized spacial score (nSPS) is 13.9. The number of fused-ring (bicyclic) bond motifs is 1. The molecule has 3 aromatic rings. The zero-order valence-electron chi connectivity index (χ0n) is 13.2. The van der Waals surface area contributed by atoms with Crippen molar-refractivity contribution in [1.29, 1.82) is 0 Å². The maximum atomic E-state index is 4.88. The van der Waals surface area contributed by atoms with E-state index in [0.717, 1.165) is 48.7 Å². The Kier molecular flexibility index (Phi) is 3.54. The van der Waals surface area contributed by atoms with Gasteiger partial charge in [-0.05, 0) is 18.4 Å². The van der Waals surface area contributed by atoms with E-state index in [1.807, 2.05) is 31.7 Å². The van der Waals surface area contributed by atoms with Gasteiger partial charge in [0.25, 0.3) is 0 Å². The van der Waals surface area contributed by atoms with Crippen molar-refractivity contribution < 1.29 is 0 Å². The molecule has 3 heterocycles. The molecule has 0 atom stereocenters. The molecule has 0 aliphatic carbocycles. The van der Waals surface area contributed by atoms with E-state index in [1.165, 1.54) is 5.56 Å². The number of aromatic nitrogens is 4. The van der Waals surface area contributed by atoms with Crippen molar-refractivity contribution in [3.05, 3.63) is 60.2 Å². The van der Waals surface area contributed by atoms with Crippen LogP contribution >= 0.6 is 0 Å². The summed E-state index contributed by atoms with van der Waals surface area (Å²) >= 11 is 0. The Morgan fingerprint density at radius 3 is 2.78 bits per heavy atom. The van der Waals surface area contributed by atoms with E-state index in [1.54, 1.807) is 4.68 Å². The van der Waals surface area contributed by atoms with Crippen LogP contribution in [0.15, 0.2) is 48.9 Å². The molecule has 1 aliphatic rings. The van der Waals surface area contributed by atoms with Crippen molar-refractivity contribution in [2.75, 3.05) is 11.4 Å². The van der Waals surface area contributed by atoms with E-state index in [-0.39, 0.29) is 0 Å². The predicted molar refractivity (Wildman–Crippen MR) is 90.0 cm³/mol. The highest BCUT2D eigenvalue weighted by Gasteiger charge is 2.20. The molecule has 1 aliphatic heterocycles. The first-order chi connectivity index (χ1) is 11.3. The molecule has 0 N–H and O–H groups in total. The van der Waals surface area contributed by atoms with E-state index in [0.29, 0.717) is 0 Å². The van der Waals surface area contributed by atoms with Gasteiger partial charge in [0.2, 0.25) is 0 Å². The summed E-state index contributed by atoms with van der Waals surface area (Å²) in [7, 11) is 1.91. The minimum absolute atomic E-state index is 0.874. The van der Waals surface area contributed by atoms with Gasteiger partial charge >= 0.3 is 0 Å². The monoisotopic (exact) mass is 305 g/mol. The lowest BCUT2D eigenvalue weighted by molar-refractivity contribution is 0.664. The predicted octanol–water partition coefficient (Wildman–Crippen LogP) is 2.83. The Hall–Kier alpha value is -2.69. The molecule has 0 saturated carbocycles. The van der Waals surface area contributed by atoms with Crippen LogP contribution in [-0.2, 0) is 20.0 Å². The summed E-state index contributed by atoms with van der Waals surface area (Å²) in [4.78, 5) is 11.9. The zero-order chi connectivity index (χ0) is 15.6. The van der Waals surface area contributed by atoms with Crippen molar-refractivity contribution >= 4 is 5.82 Å². The van der Waals surface area contributed by atoms with Gasteiger partial charge < -0.3 is 4.90 Å². The van der Waals surface area contributed by atoms with E-state index in [2.05, 4.69) is 39.2 Å². The number of anilines is 1. The molecule has 1 aromatic carbocycles. The molecular weight excluding hydrogens is 286 g/mol. The summed E-state index contributed by atoms with van der Waals surface area (Å²) in [5.41, 5.74) is 4.29. The highest BCUT2D eigenvalue weighted by atomic mass is 15.2. The van der Waals surface area contributed by atoms with E-state index in [9.17, 15) is 0 Å². The molecule has 0 bridgehead atoms. The second-order valence-corrected chi connectivity index (χ2v) is 5.94. The first kappa shape index (κ1) is 13.9. The topological polar surface area (TPSA) is 46.8 Å². The molecule has 0 saturated heterocycles. The number of hydrogen-bond acceptors (Lipinski definition) is 4. The largest absolute Gasteiger partial charge is 0.351 e. The van der Waals surface area contributed by atoms with Gasteiger partial charge in [0.15, 0.2) is 5.82 Å². The second-order valence-electron chi connectivity index (χ2n) is 5.94. The van der Waals surface area contributed by atoms with Crippen LogP contribution in [0, 0.1) is 0 Å². The maximum Gasteiger partial charge on any atom is 0.151 e. The molecule has 4 rings (SSSR count). The number of benzene rings is 1. The molecular formula is C18H19N5. The van der Waals surface area contributed by atoms with Crippen LogP contribution in [0.25, 0.3) is 11.3 Å². The minimum atomic E-state index is 0.874. The first-order valence-corrected chi connectivity index (χ1v) is 7.93. The first-order valence-electron chi connectivity index (χ1n) is 7.93. The fraction of sp³-hybridized carbons (Fsp3) is 0.278. The number of rotatable bonds is 3. The van der Waals surface area contributed by atoms with Gasteiger partial charge in [-0.15, -0.1) is 0 Å². The third-order valence-corrected chi connectivity index (χ3v) is 4.19. The van der Waals surface area contributed by atoms with Crippen LogP contribution in [0.2, 0.25) is 0 Å². The highest BCUT2D eigenvalue weighted by molar-refractivity contribution is 5.60. The molecule has 5 heteroatoms. The van der Waals surface area contributed by atoms with Crippen LogP contribution in [0.1, 0.15) is 17.7 Å². The van der Waals surface area contributed by atoms with Crippen molar-refractivity contribution in [3.8, 4) is 11.3 Å². The number of aryl methyl sites for hydroxylation is 2. The summed E-state index contributed by atoms with van der Waals surface area (Å²) < 4.78 is 1.79. The van der Waals surface area contributed by atoms with E-state index >= 15 is 0 Å². The smallest absolute Gasteiger partial charge is 0.151 e. The summed E-state index contributed by atoms with van der Waals surface area (Å²) in [5.74, 6) is 1.02. The molecule has 0 spiro atoms. The molecule has 0 unspecified atom stereocenters. The molecule has 5 nitrogen and oxygen atoms in total. The van der Waals surface area contributed by atoms with Crippen LogP contribution < -0.4 is 4.90 Å². The summed E-state index contributed by atoms with van der Waals surface area (Å²) in [6, 6.07) is 10.5. The van der Waals surface area contributed by atoms with Crippen LogP contribution in [0.5, 0.6) is 0 Å². The average molecular weight is 305 g/mol. The quantitative estimate of drug-likeness (QED) is 0.746. The van der Waals surface area contributed by atoms with Gasteiger partial charge in [-0.1, -0.05) is 30.3 Å². The van der Waals surface area contributed by atoms with Gasteiger partial charge in [-0.25, -0.2) is 4.98 Å². The lowest BCUT2D eigenvalue weighted by Crippen LogP contribution is -2.30. The van der Waals surface area contributed by atoms with Gasteiger partial charge in [0.05, 0.1) is 23.8 Å². The average Bonchev–Trinajstić information content (AvgIpc) is 3.02. The second kappa shape index (κ2) is 5.83. The number of hydrogen-bond donors (Lipinski definition) is 0. The molecule has 0 radical (unpaired) electrons. The third-order valence-electron chi connectivity index (χ3n) is 4.19. The van der Waals surface area contributed by atoms with Crippen molar-refractivity contribution in [1.82, 2.24) is 19.7 Å². The van der Waals surface area contributed by atoms with Crippen molar-refractivity contribution in [2.24, 2.45) is 7.05 Å². The van der Waals surface area contributed by atoms with Crippen LogP contribution in [-0.4, -0.2) is 26.3 Å². The summed E-state index contributed by atoms with van der Waals surface area (Å²) in [6.07, 6.45) is 7.80. The fourth-order valence-corrected chi connectivity index (χ4v) is 3.03. The Balaban J connectivity index is 1.68. The maximum absolute atomic E-state index is 4.88. The van der Waals surface area contributed by atoms with E-state index < -0.39 is 0 Å². The molecule has 116 valence electrons. The van der Waals surface area contributed by atoms with Crippen molar-refractivity contribution in [3.63, 3.8) is 0 Å². The van der Waals surface area contributed by atoms with Gasteiger partial charge in [-0.3, -0.25) is 9.67 Å². The van der Waals surface area contributed by atoms with E-state index in [4.69, 9.17) is 4.98 Å². The molecule has 23 heavy (non-hydrogen) atoms. The molecule has 0 fully saturated rings. The van der Waals surface area contributed by atoms with Crippen molar-refractivity contribution in [2.45, 2.75) is 19.4 Å². The SMILES string of the molecule is Cn1cc(-c2cnc3c(n2)N(Cc2ccccc2)CCC3)cn1. The zero-order valence-corrected chi connectivity index (χ0v) is 13.2. The standard InChI is InChI=1S/C18H19N5/c1-22-13-15(10-20-22)17-11-19-16-8-5-9-23(18(16)21-17)12-14-6-3-2-4-7-14/h2-4,6-7,10-11,13H,5,8-9,12H2,1H3. The summed E-state index contributed by atoms with van der Waals surface area (Å²) in [5, 5.41) is 4.23. The lowest BCUT2D eigenvalue weighted by atomic mass is 10.1. The highest BCUT2D eigenvalue weighted by Crippen LogP contribution is 2.27. The lowest BCUT2D eigenvalue weighted by Gasteiger charge is -2.29. The minimum Gasteiger partial charge on any atom is -0.351 e. The van der Waals surface area contributed by atoms with Crippen LogP contribution in [0.3, 0.4) is 0 Å². The van der Waals surface area contributed by atoms with Gasteiger partial charge in [0, 0.05) is 31.9 Å².